The van der Waals surface area contributed by atoms with Crippen molar-refractivity contribution >= 4 is 11.6 Å². The lowest BCUT2D eigenvalue weighted by Crippen LogP contribution is -2.06. The number of imidazole rings is 1. The molecule has 5 heteroatoms. The van der Waals surface area contributed by atoms with E-state index >= 15 is 0 Å². The van der Waals surface area contributed by atoms with E-state index in [2.05, 4.69) is 4.98 Å². The minimum atomic E-state index is -0.996. The normalized spacial score (nSPS) is 11.1. The molecular weight excluding hydrogens is 292 g/mol. The van der Waals surface area contributed by atoms with Crippen LogP contribution in [-0.2, 0) is 0 Å². The molecule has 0 spiro atoms. The predicted molar refractivity (Wildman–Crippen MR) is 88.1 cm³/mol. The number of nitrogens with zero attached hydrogens (tertiary/aromatic N) is 2. The third kappa shape index (κ3) is 2.77. The SMILES string of the molecule is Cc1cccc2nc(-c3ccc(OC(C)C)cc3)c(C(=O)O)n12. The fourth-order valence-corrected chi connectivity index (χ4v) is 2.62. The van der Waals surface area contributed by atoms with Crippen LogP contribution in [0, 0.1) is 6.92 Å². The van der Waals surface area contributed by atoms with Crippen molar-refractivity contribution in [2.75, 3.05) is 0 Å². The monoisotopic (exact) mass is 310 g/mol. The van der Waals surface area contributed by atoms with Crippen molar-refractivity contribution in [3.8, 4) is 17.0 Å². The minimum absolute atomic E-state index is 0.0910. The molecule has 5 nitrogen and oxygen atoms in total. The van der Waals surface area contributed by atoms with Crippen LogP contribution in [0.1, 0.15) is 30.0 Å². The minimum Gasteiger partial charge on any atom is -0.491 e. The number of benzene rings is 1. The Morgan fingerprint density at radius 3 is 2.48 bits per heavy atom. The van der Waals surface area contributed by atoms with Crippen LogP contribution in [0.3, 0.4) is 0 Å². The second-order valence-corrected chi connectivity index (χ2v) is 5.67. The van der Waals surface area contributed by atoms with E-state index in [0.29, 0.717) is 11.3 Å². The van der Waals surface area contributed by atoms with Gasteiger partial charge in [0.1, 0.15) is 17.1 Å². The fourth-order valence-electron chi connectivity index (χ4n) is 2.62. The lowest BCUT2D eigenvalue weighted by atomic mass is 10.1. The van der Waals surface area contributed by atoms with E-state index in [4.69, 9.17) is 4.74 Å². The van der Waals surface area contributed by atoms with Crippen LogP contribution < -0.4 is 4.74 Å². The third-order valence-corrected chi connectivity index (χ3v) is 3.54. The zero-order valence-corrected chi connectivity index (χ0v) is 13.3. The summed E-state index contributed by atoms with van der Waals surface area (Å²) in [7, 11) is 0. The van der Waals surface area contributed by atoms with Gasteiger partial charge in [0.2, 0.25) is 0 Å². The number of fused-ring (bicyclic) bond motifs is 1. The van der Waals surface area contributed by atoms with Gasteiger partial charge in [0, 0.05) is 11.3 Å². The molecule has 0 aliphatic carbocycles. The number of aromatic carboxylic acids is 1. The molecule has 23 heavy (non-hydrogen) atoms. The highest BCUT2D eigenvalue weighted by Crippen LogP contribution is 2.27. The van der Waals surface area contributed by atoms with Gasteiger partial charge in [-0.3, -0.25) is 4.40 Å². The molecule has 0 amide bonds. The molecule has 118 valence electrons. The summed E-state index contributed by atoms with van der Waals surface area (Å²) < 4.78 is 7.28. The number of aromatic nitrogens is 2. The number of aryl methyl sites for hydroxylation is 1. The van der Waals surface area contributed by atoms with Gasteiger partial charge in [-0.15, -0.1) is 0 Å². The van der Waals surface area contributed by atoms with Gasteiger partial charge in [-0.2, -0.15) is 0 Å². The molecule has 0 aliphatic rings. The average molecular weight is 310 g/mol. The van der Waals surface area contributed by atoms with Gasteiger partial charge in [0.05, 0.1) is 6.10 Å². The summed E-state index contributed by atoms with van der Waals surface area (Å²) in [4.78, 5) is 16.2. The van der Waals surface area contributed by atoms with Gasteiger partial charge in [0.25, 0.3) is 0 Å². The number of ether oxygens (including phenoxy) is 1. The summed E-state index contributed by atoms with van der Waals surface area (Å²) >= 11 is 0. The highest BCUT2D eigenvalue weighted by Gasteiger charge is 2.20. The Bertz CT molecular complexity index is 864. The van der Waals surface area contributed by atoms with E-state index in [1.807, 2.05) is 57.2 Å². The molecule has 1 aromatic carbocycles. The second kappa shape index (κ2) is 5.76. The number of carboxylic acid groups (broad SMARTS) is 1. The molecule has 2 heterocycles. The first-order valence-corrected chi connectivity index (χ1v) is 7.46. The smallest absolute Gasteiger partial charge is 0.355 e. The maximum absolute atomic E-state index is 11.7. The van der Waals surface area contributed by atoms with Gasteiger partial charge < -0.3 is 9.84 Å². The molecule has 0 fully saturated rings. The van der Waals surface area contributed by atoms with E-state index in [0.717, 1.165) is 17.0 Å². The highest BCUT2D eigenvalue weighted by atomic mass is 16.5. The van der Waals surface area contributed by atoms with Crippen molar-refractivity contribution < 1.29 is 14.6 Å². The Morgan fingerprint density at radius 1 is 1.17 bits per heavy atom. The highest BCUT2D eigenvalue weighted by molar-refractivity contribution is 5.95. The summed E-state index contributed by atoms with van der Waals surface area (Å²) in [5, 5.41) is 9.63. The Kier molecular flexibility index (Phi) is 3.78. The largest absolute Gasteiger partial charge is 0.491 e. The zero-order valence-electron chi connectivity index (χ0n) is 13.3. The standard InChI is InChI=1S/C18H18N2O3/c1-11(2)23-14-9-7-13(8-10-14)16-17(18(21)22)20-12(3)5-4-6-15(20)19-16/h4-11H,1-3H3,(H,21,22). The Labute approximate surface area is 134 Å². The van der Waals surface area contributed by atoms with E-state index in [-0.39, 0.29) is 11.8 Å². The van der Waals surface area contributed by atoms with E-state index in [1.54, 1.807) is 10.5 Å². The van der Waals surface area contributed by atoms with Gasteiger partial charge in [0.15, 0.2) is 5.69 Å². The molecule has 2 aromatic heterocycles. The first-order valence-electron chi connectivity index (χ1n) is 7.46. The van der Waals surface area contributed by atoms with E-state index in [9.17, 15) is 9.90 Å². The Morgan fingerprint density at radius 2 is 1.87 bits per heavy atom. The number of rotatable bonds is 4. The third-order valence-electron chi connectivity index (χ3n) is 3.54. The number of hydrogen-bond donors (Lipinski definition) is 1. The van der Waals surface area contributed by atoms with Gasteiger partial charge in [-0.1, -0.05) is 6.07 Å². The maximum atomic E-state index is 11.7. The van der Waals surface area contributed by atoms with Crippen LogP contribution in [0.2, 0.25) is 0 Å². The quantitative estimate of drug-likeness (QED) is 0.796. The summed E-state index contributed by atoms with van der Waals surface area (Å²) in [6.45, 7) is 5.78. The Hall–Kier alpha value is -2.82. The lowest BCUT2D eigenvalue weighted by Gasteiger charge is -2.09. The van der Waals surface area contributed by atoms with Gasteiger partial charge in [-0.25, -0.2) is 9.78 Å². The second-order valence-electron chi connectivity index (χ2n) is 5.67. The average Bonchev–Trinajstić information content (AvgIpc) is 2.88. The topological polar surface area (TPSA) is 63.8 Å². The van der Waals surface area contributed by atoms with Gasteiger partial charge in [-0.05, 0) is 57.2 Å². The fraction of sp³-hybridized carbons (Fsp3) is 0.222. The van der Waals surface area contributed by atoms with Crippen molar-refractivity contribution in [3.63, 3.8) is 0 Å². The first-order chi connectivity index (χ1) is 11.0. The van der Waals surface area contributed by atoms with E-state index in [1.165, 1.54) is 0 Å². The molecule has 0 atom stereocenters. The lowest BCUT2D eigenvalue weighted by molar-refractivity contribution is 0.0690. The molecule has 1 N–H and O–H groups in total. The molecule has 0 radical (unpaired) electrons. The van der Waals surface area contributed by atoms with Crippen LogP contribution in [0.15, 0.2) is 42.5 Å². The molecule has 0 aliphatic heterocycles. The molecule has 0 saturated heterocycles. The molecule has 0 unspecified atom stereocenters. The molecule has 3 aromatic rings. The molecule has 3 rings (SSSR count). The summed E-state index contributed by atoms with van der Waals surface area (Å²) in [5.41, 5.74) is 2.85. The predicted octanol–water partition coefficient (Wildman–Crippen LogP) is 3.80. The van der Waals surface area contributed by atoms with E-state index < -0.39 is 5.97 Å². The summed E-state index contributed by atoms with van der Waals surface area (Å²) in [6, 6.07) is 12.9. The van der Waals surface area contributed by atoms with Crippen LogP contribution in [-0.4, -0.2) is 26.6 Å². The van der Waals surface area contributed by atoms with Crippen molar-refractivity contribution in [2.45, 2.75) is 26.9 Å². The number of pyridine rings is 1. The number of carbonyl (C=O) groups is 1. The summed E-state index contributed by atoms with van der Waals surface area (Å²) in [5.74, 6) is -0.245. The first kappa shape index (κ1) is 15.1. The van der Waals surface area contributed by atoms with Crippen molar-refractivity contribution in [1.82, 2.24) is 9.38 Å². The van der Waals surface area contributed by atoms with Crippen LogP contribution in [0.4, 0.5) is 0 Å². The van der Waals surface area contributed by atoms with Crippen LogP contribution in [0.25, 0.3) is 16.9 Å². The zero-order chi connectivity index (χ0) is 16.6. The van der Waals surface area contributed by atoms with Crippen LogP contribution in [0.5, 0.6) is 5.75 Å². The molecule has 0 saturated carbocycles. The number of hydrogen-bond acceptors (Lipinski definition) is 3. The number of carboxylic acids is 1. The van der Waals surface area contributed by atoms with Crippen molar-refractivity contribution in [3.05, 3.63) is 53.9 Å². The summed E-state index contributed by atoms with van der Waals surface area (Å²) in [6.07, 6.45) is 0.0910. The van der Waals surface area contributed by atoms with Crippen LogP contribution >= 0.6 is 0 Å². The van der Waals surface area contributed by atoms with Crippen molar-refractivity contribution in [1.29, 1.82) is 0 Å². The molecule has 0 bridgehead atoms. The Balaban J connectivity index is 2.14. The van der Waals surface area contributed by atoms with Gasteiger partial charge >= 0.3 is 5.97 Å². The van der Waals surface area contributed by atoms with Crippen molar-refractivity contribution in [2.24, 2.45) is 0 Å². The maximum Gasteiger partial charge on any atom is 0.355 e. The molecular formula is C18H18N2O3.